The Labute approximate surface area is 169 Å². The zero-order valence-corrected chi connectivity index (χ0v) is 16.0. The summed E-state index contributed by atoms with van der Waals surface area (Å²) in [7, 11) is 0. The van der Waals surface area contributed by atoms with Crippen LogP contribution in [0.15, 0.2) is 43.1 Å². The molecule has 0 spiro atoms. The predicted octanol–water partition coefficient (Wildman–Crippen LogP) is 3.21. The molecule has 1 aliphatic rings. The smallest absolute Gasteiger partial charge is 0.342 e. The molecule has 0 aromatic carbocycles. The second-order valence-electron chi connectivity index (χ2n) is 6.74. The molecule has 1 amide bonds. The quantitative estimate of drug-likeness (QED) is 0.686. The number of rotatable bonds is 5. The van der Waals surface area contributed by atoms with Crippen molar-refractivity contribution >= 4 is 17.4 Å². The van der Waals surface area contributed by atoms with E-state index in [1.165, 1.54) is 11.1 Å². The van der Waals surface area contributed by atoms with E-state index in [0.29, 0.717) is 12.2 Å². The van der Waals surface area contributed by atoms with Crippen molar-refractivity contribution in [1.29, 1.82) is 0 Å². The van der Waals surface area contributed by atoms with E-state index >= 15 is 0 Å². The molecule has 4 heterocycles. The van der Waals surface area contributed by atoms with E-state index in [1.54, 1.807) is 48.4 Å². The van der Waals surface area contributed by atoms with Crippen LogP contribution in [0.4, 0.5) is 24.7 Å². The standard InChI is InChI=1S/C19H18F3N7O/c1-2-14-17(30)26-13-11-25-18(27-16(13)28(14)9-5-19(20,21)22)29-10-8-24-15(29)12-3-6-23-7-4-12/h3-4,6-8,10-11,14H,2,5,9H2,1H3,(H,26,30). The highest BCUT2D eigenvalue weighted by molar-refractivity contribution is 6.02. The first kappa shape index (κ1) is 19.8. The summed E-state index contributed by atoms with van der Waals surface area (Å²) in [5.41, 5.74) is 1.06. The summed E-state index contributed by atoms with van der Waals surface area (Å²) in [4.78, 5) is 30.9. The Balaban J connectivity index is 1.75. The molecule has 4 rings (SSSR count). The van der Waals surface area contributed by atoms with Crippen molar-refractivity contribution in [3.8, 4) is 17.3 Å². The summed E-state index contributed by atoms with van der Waals surface area (Å²) in [6.45, 7) is 1.37. The van der Waals surface area contributed by atoms with Crippen LogP contribution in [0, 0.1) is 0 Å². The second-order valence-corrected chi connectivity index (χ2v) is 6.74. The maximum atomic E-state index is 12.9. The van der Waals surface area contributed by atoms with Gasteiger partial charge >= 0.3 is 6.18 Å². The van der Waals surface area contributed by atoms with Gasteiger partial charge in [0.2, 0.25) is 11.9 Å². The van der Waals surface area contributed by atoms with Gasteiger partial charge in [0, 0.05) is 36.9 Å². The molecule has 30 heavy (non-hydrogen) atoms. The minimum absolute atomic E-state index is 0.237. The van der Waals surface area contributed by atoms with E-state index in [9.17, 15) is 18.0 Å². The normalized spacial score (nSPS) is 16.3. The average molecular weight is 417 g/mol. The number of hydrogen-bond donors (Lipinski definition) is 1. The highest BCUT2D eigenvalue weighted by Gasteiger charge is 2.36. The van der Waals surface area contributed by atoms with Crippen LogP contribution in [-0.4, -0.2) is 49.2 Å². The molecule has 0 radical (unpaired) electrons. The van der Waals surface area contributed by atoms with Crippen LogP contribution in [0.2, 0.25) is 0 Å². The van der Waals surface area contributed by atoms with Crippen molar-refractivity contribution in [3.05, 3.63) is 43.1 Å². The molecule has 1 atom stereocenters. The number of carbonyl (C=O) groups excluding carboxylic acids is 1. The van der Waals surface area contributed by atoms with E-state index < -0.39 is 18.6 Å². The highest BCUT2D eigenvalue weighted by atomic mass is 19.4. The summed E-state index contributed by atoms with van der Waals surface area (Å²) >= 11 is 0. The van der Waals surface area contributed by atoms with E-state index in [2.05, 4.69) is 25.3 Å². The summed E-state index contributed by atoms with van der Waals surface area (Å²) in [6.07, 6.45) is 2.84. The third-order valence-corrected chi connectivity index (χ3v) is 4.78. The topological polar surface area (TPSA) is 88.8 Å². The largest absolute Gasteiger partial charge is 0.390 e. The lowest BCUT2D eigenvalue weighted by atomic mass is 10.1. The van der Waals surface area contributed by atoms with Crippen LogP contribution < -0.4 is 10.2 Å². The van der Waals surface area contributed by atoms with Gasteiger partial charge in [0.1, 0.15) is 17.6 Å². The van der Waals surface area contributed by atoms with Gasteiger partial charge in [-0.3, -0.25) is 14.3 Å². The summed E-state index contributed by atoms with van der Waals surface area (Å²) in [6, 6.07) is 2.81. The maximum Gasteiger partial charge on any atom is 0.390 e. The number of nitrogens with zero attached hydrogens (tertiary/aromatic N) is 6. The Morgan fingerprint density at radius 1 is 1.17 bits per heavy atom. The number of carbonyl (C=O) groups is 1. The lowest BCUT2D eigenvalue weighted by Crippen LogP contribution is -2.49. The van der Waals surface area contributed by atoms with E-state index in [1.807, 2.05) is 0 Å². The fraction of sp³-hybridized carbons (Fsp3) is 0.316. The third kappa shape index (κ3) is 3.82. The first-order chi connectivity index (χ1) is 14.4. The van der Waals surface area contributed by atoms with E-state index in [0.717, 1.165) is 5.56 Å². The van der Waals surface area contributed by atoms with Gasteiger partial charge < -0.3 is 10.2 Å². The Morgan fingerprint density at radius 3 is 2.63 bits per heavy atom. The number of fused-ring (bicyclic) bond motifs is 1. The minimum Gasteiger partial charge on any atom is -0.342 e. The lowest BCUT2D eigenvalue weighted by Gasteiger charge is -2.36. The van der Waals surface area contributed by atoms with Gasteiger partial charge in [-0.25, -0.2) is 9.97 Å². The molecule has 0 saturated heterocycles. The van der Waals surface area contributed by atoms with Crippen molar-refractivity contribution < 1.29 is 18.0 Å². The second kappa shape index (κ2) is 7.73. The molecule has 11 heteroatoms. The third-order valence-electron chi connectivity index (χ3n) is 4.78. The number of aromatic nitrogens is 5. The SMILES string of the molecule is CCC1C(=O)Nc2cnc(-n3ccnc3-c3ccncc3)nc2N1CCC(F)(F)F. The molecule has 0 aliphatic carbocycles. The van der Waals surface area contributed by atoms with Crippen molar-refractivity contribution in [2.24, 2.45) is 0 Å². The van der Waals surface area contributed by atoms with Gasteiger partial charge in [0.15, 0.2) is 5.82 Å². The number of halogens is 3. The molecule has 0 saturated carbocycles. The van der Waals surface area contributed by atoms with E-state index in [-0.39, 0.29) is 29.9 Å². The van der Waals surface area contributed by atoms with Gasteiger partial charge in [-0.1, -0.05) is 6.92 Å². The molecular formula is C19H18F3N7O. The van der Waals surface area contributed by atoms with Gasteiger partial charge in [-0.15, -0.1) is 0 Å². The average Bonchev–Trinajstić information content (AvgIpc) is 3.21. The monoisotopic (exact) mass is 417 g/mol. The zero-order chi connectivity index (χ0) is 21.3. The van der Waals surface area contributed by atoms with Crippen molar-refractivity contribution in [2.45, 2.75) is 32.0 Å². The predicted molar refractivity (Wildman–Crippen MR) is 103 cm³/mol. The highest BCUT2D eigenvalue weighted by Crippen LogP contribution is 2.33. The number of anilines is 2. The Hall–Kier alpha value is -3.50. The number of amides is 1. The molecule has 0 fully saturated rings. The molecule has 3 aromatic rings. The van der Waals surface area contributed by atoms with Gasteiger partial charge in [0.05, 0.1) is 12.6 Å². The first-order valence-corrected chi connectivity index (χ1v) is 9.33. The van der Waals surface area contributed by atoms with E-state index in [4.69, 9.17) is 0 Å². The van der Waals surface area contributed by atoms with Gasteiger partial charge in [0.25, 0.3) is 0 Å². The van der Waals surface area contributed by atoms with Gasteiger partial charge in [-0.05, 0) is 18.6 Å². The van der Waals surface area contributed by atoms with Crippen molar-refractivity contribution in [3.63, 3.8) is 0 Å². The zero-order valence-electron chi connectivity index (χ0n) is 16.0. The number of imidazole rings is 1. The van der Waals surface area contributed by atoms with Crippen LogP contribution in [0.25, 0.3) is 17.3 Å². The summed E-state index contributed by atoms with van der Waals surface area (Å²) in [5, 5.41) is 2.69. The molecule has 0 bridgehead atoms. The number of pyridine rings is 1. The minimum atomic E-state index is -4.35. The molecule has 3 aromatic heterocycles. The van der Waals surface area contributed by atoms with Crippen LogP contribution in [0.5, 0.6) is 0 Å². The number of hydrogen-bond acceptors (Lipinski definition) is 6. The summed E-state index contributed by atoms with van der Waals surface area (Å²) in [5.74, 6) is 0.681. The molecule has 8 nitrogen and oxygen atoms in total. The summed E-state index contributed by atoms with van der Waals surface area (Å²) < 4.78 is 40.3. The molecule has 156 valence electrons. The molecule has 1 unspecified atom stereocenters. The van der Waals surface area contributed by atoms with Crippen LogP contribution in [0.1, 0.15) is 19.8 Å². The van der Waals surface area contributed by atoms with Crippen LogP contribution in [-0.2, 0) is 4.79 Å². The van der Waals surface area contributed by atoms with Crippen molar-refractivity contribution in [2.75, 3.05) is 16.8 Å². The molecular weight excluding hydrogens is 399 g/mol. The number of alkyl halides is 3. The molecule has 1 N–H and O–H groups in total. The van der Waals surface area contributed by atoms with Crippen LogP contribution in [0.3, 0.4) is 0 Å². The van der Waals surface area contributed by atoms with Crippen molar-refractivity contribution in [1.82, 2.24) is 24.5 Å². The van der Waals surface area contributed by atoms with Gasteiger partial charge in [-0.2, -0.15) is 18.2 Å². The van der Waals surface area contributed by atoms with Crippen LogP contribution >= 0.6 is 0 Å². The Kier molecular flexibility index (Phi) is 5.10. The first-order valence-electron chi connectivity index (χ1n) is 9.33. The Morgan fingerprint density at radius 2 is 1.93 bits per heavy atom. The fourth-order valence-electron chi connectivity index (χ4n) is 3.39. The maximum absolute atomic E-state index is 12.9. The number of nitrogens with one attached hydrogen (secondary N) is 1. The fourth-order valence-corrected chi connectivity index (χ4v) is 3.39. The Bertz CT molecular complexity index is 1050. The lowest BCUT2D eigenvalue weighted by molar-refractivity contribution is -0.133. The molecule has 1 aliphatic heterocycles.